The Labute approximate surface area is 198 Å². The third-order valence-electron chi connectivity index (χ3n) is 4.60. The lowest BCUT2D eigenvalue weighted by atomic mass is 10.0. The number of amides is 1. The highest BCUT2D eigenvalue weighted by atomic mass is 32.2. The highest BCUT2D eigenvalue weighted by molar-refractivity contribution is 7.89. The fourth-order valence-electron chi connectivity index (χ4n) is 3.24. The van der Waals surface area contributed by atoms with Gasteiger partial charge in [0, 0.05) is 17.2 Å². The van der Waals surface area contributed by atoms with Gasteiger partial charge in [-0.25, -0.2) is 17.5 Å². The van der Waals surface area contributed by atoms with Gasteiger partial charge in [-0.1, -0.05) is 36.4 Å². The molecule has 0 bridgehead atoms. The molecule has 0 saturated carbocycles. The Morgan fingerprint density at radius 3 is 2.44 bits per heavy atom. The van der Waals surface area contributed by atoms with E-state index in [2.05, 4.69) is 10.0 Å². The number of carbonyl (C=O) groups excluding carboxylic acids is 1. The minimum Gasteiger partial charge on any atom is -0.320 e. The van der Waals surface area contributed by atoms with Crippen molar-refractivity contribution in [2.45, 2.75) is 31.2 Å². The van der Waals surface area contributed by atoms with E-state index in [1.807, 2.05) is 6.07 Å². The van der Waals surface area contributed by atoms with Crippen LogP contribution in [0, 0.1) is 17.1 Å². The number of halogens is 1. The summed E-state index contributed by atoms with van der Waals surface area (Å²) >= 11 is 0. The van der Waals surface area contributed by atoms with Crippen molar-refractivity contribution in [1.29, 1.82) is 5.26 Å². The van der Waals surface area contributed by atoms with Crippen LogP contribution >= 0.6 is 0 Å². The van der Waals surface area contributed by atoms with E-state index >= 15 is 0 Å². The van der Waals surface area contributed by atoms with Crippen molar-refractivity contribution in [2.24, 2.45) is 0 Å². The van der Waals surface area contributed by atoms with Crippen LogP contribution in [0.3, 0.4) is 0 Å². The maximum atomic E-state index is 14.8. The zero-order valence-electron chi connectivity index (χ0n) is 19.0. The molecule has 0 aliphatic rings. The van der Waals surface area contributed by atoms with Crippen molar-refractivity contribution in [1.82, 2.24) is 4.72 Å². The van der Waals surface area contributed by atoms with Crippen molar-refractivity contribution in [3.05, 3.63) is 89.8 Å². The van der Waals surface area contributed by atoms with Crippen molar-refractivity contribution < 1.29 is 17.6 Å². The smallest absolute Gasteiger partial charge is 0.248 e. The van der Waals surface area contributed by atoms with Gasteiger partial charge in [0.05, 0.1) is 22.2 Å². The quantitative estimate of drug-likeness (QED) is 0.483. The summed E-state index contributed by atoms with van der Waals surface area (Å²) in [5.74, 6) is -1.26. The fraction of sp³-hybridized carbons (Fsp3) is 0.154. The number of nitrogens with zero attached hydrogens (tertiary/aromatic N) is 1. The summed E-state index contributed by atoms with van der Waals surface area (Å²) in [6, 6.07) is 19.2. The minimum atomic E-state index is -3.85. The first kappa shape index (κ1) is 24.8. The van der Waals surface area contributed by atoms with Gasteiger partial charge in [-0.15, -0.1) is 0 Å². The second-order valence-electron chi connectivity index (χ2n) is 8.61. The molecule has 0 aliphatic carbocycles. The molecule has 8 heteroatoms. The number of hydrogen-bond acceptors (Lipinski definition) is 4. The average molecular weight is 478 g/mol. The summed E-state index contributed by atoms with van der Waals surface area (Å²) in [6.07, 6.45) is 2.76. The maximum Gasteiger partial charge on any atom is 0.248 e. The first-order valence-corrected chi connectivity index (χ1v) is 11.9. The van der Waals surface area contributed by atoms with Gasteiger partial charge < -0.3 is 5.32 Å². The topological polar surface area (TPSA) is 99.1 Å². The van der Waals surface area contributed by atoms with Crippen LogP contribution in [0.4, 0.5) is 10.1 Å². The Balaban J connectivity index is 1.83. The highest BCUT2D eigenvalue weighted by Gasteiger charge is 2.25. The summed E-state index contributed by atoms with van der Waals surface area (Å²) < 4.78 is 43.2. The van der Waals surface area contributed by atoms with Crippen LogP contribution in [-0.2, 0) is 14.8 Å². The Kier molecular flexibility index (Phi) is 7.30. The first-order chi connectivity index (χ1) is 16.0. The van der Waals surface area contributed by atoms with Gasteiger partial charge in [-0.2, -0.15) is 5.26 Å². The minimum absolute atomic E-state index is 0.0312. The average Bonchev–Trinajstić information content (AvgIpc) is 2.77. The molecular formula is C26H24FN3O3S. The Bertz CT molecular complexity index is 1400. The third kappa shape index (κ3) is 6.38. The Morgan fingerprint density at radius 2 is 1.76 bits per heavy atom. The van der Waals surface area contributed by atoms with Crippen LogP contribution in [0.5, 0.6) is 0 Å². The lowest BCUT2D eigenvalue weighted by molar-refractivity contribution is -0.111. The number of nitrogens with one attached hydrogen (secondary N) is 2. The van der Waals surface area contributed by atoms with Crippen LogP contribution < -0.4 is 10.0 Å². The summed E-state index contributed by atoms with van der Waals surface area (Å²) in [7, 11) is -3.85. The van der Waals surface area contributed by atoms with Gasteiger partial charge >= 0.3 is 0 Å². The number of carbonyl (C=O) groups is 1. The molecule has 3 rings (SSSR count). The molecule has 0 saturated heterocycles. The largest absolute Gasteiger partial charge is 0.320 e. The Hall–Kier alpha value is -3.80. The molecule has 2 N–H and O–H groups in total. The number of anilines is 1. The van der Waals surface area contributed by atoms with E-state index in [1.54, 1.807) is 69.3 Å². The summed E-state index contributed by atoms with van der Waals surface area (Å²) in [4.78, 5) is 12.3. The van der Waals surface area contributed by atoms with Gasteiger partial charge in [0.1, 0.15) is 5.82 Å². The molecule has 3 aromatic carbocycles. The fourth-order valence-corrected chi connectivity index (χ4v) is 4.89. The zero-order chi connectivity index (χ0) is 24.9. The predicted molar refractivity (Wildman–Crippen MR) is 131 cm³/mol. The summed E-state index contributed by atoms with van der Waals surface area (Å²) in [5.41, 5.74) is 1.09. The van der Waals surface area contributed by atoms with E-state index in [-0.39, 0.29) is 10.6 Å². The molecule has 0 atom stereocenters. The van der Waals surface area contributed by atoms with Gasteiger partial charge in [0.15, 0.2) is 0 Å². The van der Waals surface area contributed by atoms with Gasteiger partial charge in [0.2, 0.25) is 15.9 Å². The molecule has 0 radical (unpaired) electrons. The lowest BCUT2D eigenvalue weighted by Gasteiger charge is -2.21. The SMILES string of the molecule is CC(C)(C)NS(=O)(=O)c1ccccc1-c1ccc(NC(=O)/C=C\c2cccc(C#N)c2)c(F)c1. The van der Waals surface area contributed by atoms with Crippen LogP contribution in [0.25, 0.3) is 17.2 Å². The number of hydrogen-bond donors (Lipinski definition) is 2. The third-order valence-corrected chi connectivity index (χ3v) is 6.41. The number of benzene rings is 3. The molecule has 6 nitrogen and oxygen atoms in total. The maximum absolute atomic E-state index is 14.8. The van der Waals surface area contributed by atoms with E-state index < -0.39 is 27.3 Å². The van der Waals surface area contributed by atoms with E-state index in [4.69, 9.17) is 5.26 Å². The van der Waals surface area contributed by atoms with Crippen molar-refractivity contribution >= 4 is 27.7 Å². The van der Waals surface area contributed by atoms with E-state index in [0.29, 0.717) is 22.3 Å². The van der Waals surface area contributed by atoms with Crippen molar-refractivity contribution in [2.75, 3.05) is 5.32 Å². The van der Waals surface area contributed by atoms with E-state index in [0.717, 1.165) is 0 Å². The van der Waals surface area contributed by atoms with Crippen molar-refractivity contribution in [3.8, 4) is 17.2 Å². The predicted octanol–water partition coefficient (Wildman–Crippen LogP) is 5.09. The Morgan fingerprint density at radius 1 is 1.03 bits per heavy atom. The molecule has 0 aliphatic heterocycles. The molecule has 174 valence electrons. The van der Waals surface area contributed by atoms with Gasteiger partial charge in [0.25, 0.3) is 0 Å². The molecular weight excluding hydrogens is 453 g/mol. The summed E-state index contributed by atoms with van der Waals surface area (Å²) in [5, 5.41) is 11.4. The second kappa shape index (κ2) is 10.00. The molecule has 0 aromatic heterocycles. The summed E-state index contributed by atoms with van der Waals surface area (Å²) in [6.45, 7) is 5.21. The molecule has 1 amide bonds. The van der Waals surface area contributed by atoms with Crippen molar-refractivity contribution in [3.63, 3.8) is 0 Å². The van der Waals surface area contributed by atoms with Gasteiger partial charge in [-0.3, -0.25) is 4.79 Å². The monoisotopic (exact) mass is 477 g/mol. The zero-order valence-corrected chi connectivity index (χ0v) is 19.8. The lowest BCUT2D eigenvalue weighted by Crippen LogP contribution is -2.40. The van der Waals surface area contributed by atoms with Crippen LogP contribution in [0.15, 0.2) is 77.7 Å². The van der Waals surface area contributed by atoms with Crippen LogP contribution in [-0.4, -0.2) is 19.9 Å². The number of rotatable bonds is 6. The van der Waals surface area contributed by atoms with Crippen LogP contribution in [0.1, 0.15) is 31.9 Å². The number of nitriles is 1. The standard InChI is InChI=1S/C26H24FN3O3S/c1-26(2,3)30-34(32,33)24-10-5-4-9-21(24)20-12-13-23(22(27)16-20)29-25(31)14-11-18-7-6-8-19(15-18)17-28/h4-16,30H,1-3H3,(H,29,31)/b14-11-. The van der Waals surface area contributed by atoms with Crippen LogP contribution in [0.2, 0.25) is 0 Å². The number of sulfonamides is 1. The highest BCUT2D eigenvalue weighted by Crippen LogP contribution is 2.30. The molecule has 34 heavy (non-hydrogen) atoms. The molecule has 0 spiro atoms. The van der Waals surface area contributed by atoms with E-state index in [9.17, 15) is 17.6 Å². The molecule has 0 unspecified atom stereocenters. The van der Waals surface area contributed by atoms with E-state index in [1.165, 1.54) is 30.4 Å². The molecule has 3 aromatic rings. The van der Waals surface area contributed by atoms with Gasteiger partial charge in [-0.05, 0) is 68.3 Å². The molecule has 0 fully saturated rings. The normalized spacial score (nSPS) is 11.9. The first-order valence-electron chi connectivity index (χ1n) is 10.4. The molecule has 0 heterocycles. The second-order valence-corrected chi connectivity index (χ2v) is 10.3.